The van der Waals surface area contributed by atoms with Crippen LogP contribution >= 0.6 is 0 Å². The molecule has 16 heavy (non-hydrogen) atoms. The fraction of sp³-hybridized carbons (Fsp3) is 0.909. The average molecular weight is 230 g/mol. The Morgan fingerprint density at radius 3 is 2.88 bits per heavy atom. The molecule has 1 heterocycles. The van der Waals surface area contributed by atoms with Gasteiger partial charge in [0.2, 0.25) is 5.91 Å². The van der Waals surface area contributed by atoms with Gasteiger partial charge in [0.1, 0.15) is 6.61 Å². The average Bonchev–Trinajstić information content (AvgIpc) is 2.79. The molecule has 1 N–H and O–H groups in total. The molecule has 1 atom stereocenters. The highest BCUT2D eigenvalue weighted by atomic mass is 16.5. The molecular formula is C11H22N2O3. The number of nitrogens with zero attached hydrogens (tertiary/aromatic N) is 1. The minimum atomic E-state index is 0.0762. The zero-order valence-corrected chi connectivity index (χ0v) is 10.2. The van der Waals surface area contributed by atoms with Crippen LogP contribution in [0, 0.1) is 0 Å². The zero-order valence-electron chi connectivity index (χ0n) is 10.2. The van der Waals surface area contributed by atoms with E-state index in [1.807, 2.05) is 11.8 Å². The Bertz CT molecular complexity index is 205. The highest BCUT2D eigenvalue weighted by Gasteiger charge is 2.24. The smallest absolute Gasteiger partial charge is 0.248 e. The van der Waals surface area contributed by atoms with Gasteiger partial charge in [0.15, 0.2) is 0 Å². The minimum Gasteiger partial charge on any atom is -0.382 e. The van der Waals surface area contributed by atoms with Gasteiger partial charge in [-0.2, -0.15) is 0 Å². The summed E-state index contributed by atoms with van der Waals surface area (Å²) in [5, 5.41) is 3.26. The van der Waals surface area contributed by atoms with Crippen LogP contribution in [0.3, 0.4) is 0 Å². The number of methoxy groups -OCH3 is 1. The van der Waals surface area contributed by atoms with Gasteiger partial charge in [0.05, 0.1) is 13.2 Å². The molecule has 1 aliphatic rings. The molecular weight excluding hydrogens is 208 g/mol. The fourth-order valence-electron chi connectivity index (χ4n) is 1.93. The highest BCUT2D eigenvalue weighted by molar-refractivity contribution is 5.77. The second-order valence-electron chi connectivity index (χ2n) is 3.87. The first-order valence-electron chi connectivity index (χ1n) is 5.86. The van der Waals surface area contributed by atoms with Crippen molar-refractivity contribution in [3.63, 3.8) is 0 Å². The molecule has 1 amide bonds. The van der Waals surface area contributed by atoms with E-state index in [1.54, 1.807) is 7.11 Å². The lowest BCUT2D eigenvalue weighted by Crippen LogP contribution is -2.43. The van der Waals surface area contributed by atoms with Crippen LogP contribution in [0.4, 0.5) is 0 Å². The van der Waals surface area contributed by atoms with Gasteiger partial charge in [-0.3, -0.25) is 4.79 Å². The Labute approximate surface area is 97.1 Å². The molecule has 0 bridgehead atoms. The summed E-state index contributed by atoms with van der Waals surface area (Å²) < 4.78 is 10.1. The third kappa shape index (κ3) is 4.08. The zero-order chi connectivity index (χ0) is 11.8. The Morgan fingerprint density at radius 1 is 1.50 bits per heavy atom. The number of amides is 1. The number of likely N-dealkylation sites (N-methyl/N-ethyl adjacent to an activating group) is 1. The molecule has 1 rings (SSSR count). The van der Waals surface area contributed by atoms with Crippen molar-refractivity contribution < 1.29 is 14.3 Å². The van der Waals surface area contributed by atoms with E-state index in [2.05, 4.69) is 5.32 Å². The molecule has 1 fully saturated rings. The predicted molar refractivity (Wildman–Crippen MR) is 61.4 cm³/mol. The molecule has 0 saturated carbocycles. The molecule has 0 aromatic carbocycles. The molecule has 0 aromatic rings. The summed E-state index contributed by atoms with van der Waals surface area (Å²) in [7, 11) is 1.62. The summed E-state index contributed by atoms with van der Waals surface area (Å²) in [6, 6.07) is 0.337. The number of ether oxygens (including phenoxy) is 2. The van der Waals surface area contributed by atoms with Gasteiger partial charge >= 0.3 is 0 Å². The number of carbonyl (C=O) groups excluding carboxylic acids is 1. The van der Waals surface area contributed by atoms with Crippen LogP contribution in [-0.4, -0.2) is 63.4 Å². The van der Waals surface area contributed by atoms with E-state index in [9.17, 15) is 4.79 Å². The van der Waals surface area contributed by atoms with E-state index in [4.69, 9.17) is 9.47 Å². The van der Waals surface area contributed by atoms with Crippen molar-refractivity contribution in [2.45, 2.75) is 19.4 Å². The third-order valence-corrected chi connectivity index (χ3v) is 2.79. The first-order valence-corrected chi connectivity index (χ1v) is 5.86. The number of carbonyl (C=O) groups is 1. The number of hydrogen-bond acceptors (Lipinski definition) is 4. The second kappa shape index (κ2) is 7.60. The lowest BCUT2D eigenvalue weighted by atomic mass is 10.2. The molecule has 94 valence electrons. The first-order chi connectivity index (χ1) is 7.79. The van der Waals surface area contributed by atoms with Crippen molar-refractivity contribution in [1.29, 1.82) is 0 Å². The Kier molecular flexibility index (Phi) is 6.37. The number of hydrogen-bond donors (Lipinski definition) is 1. The molecule has 0 radical (unpaired) electrons. The Morgan fingerprint density at radius 2 is 2.31 bits per heavy atom. The van der Waals surface area contributed by atoms with Gasteiger partial charge in [-0.1, -0.05) is 0 Å². The van der Waals surface area contributed by atoms with Crippen LogP contribution < -0.4 is 5.32 Å². The molecule has 5 heteroatoms. The Hall–Kier alpha value is -0.650. The van der Waals surface area contributed by atoms with Crippen LogP contribution in [0.5, 0.6) is 0 Å². The van der Waals surface area contributed by atoms with E-state index in [1.165, 1.54) is 0 Å². The van der Waals surface area contributed by atoms with E-state index in [-0.39, 0.29) is 12.5 Å². The summed E-state index contributed by atoms with van der Waals surface area (Å²) in [5.74, 6) is 0.0762. The molecule has 1 aliphatic heterocycles. The standard InChI is InChI=1S/C11H22N2O3/c1-3-13(10-4-5-12-8-10)11(14)9-16-7-6-15-2/h10,12H,3-9H2,1-2H3. The van der Waals surface area contributed by atoms with E-state index in [0.29, 0.717) is 19.3 Å². The summed E-state index contributed by atoms with van der Waals surface area (Å²) >= 11 is 0. The van der Waals surface area contributed by atoms with E-state index >= 15 is 0 Å². The quantitative estimate of drug-likeness (QED) is 0.619. The van der Waals surface area contributed by atoms with Gasteiger partial charge in [0, 0.05) is 26.2 Å². The maximum atomic E-state index is 11.9. The van der Waals surface area contributed by atoms with Gasteiger partial charge < -0.3 is 19.7 Å². The van der Waals surface area contributed by atoms with Gasteiger partial charge in [-0.05, 0) is 19.9 Å². The fourth-order valence-corrected chi connectivity index (χ4v) is 1.93. The molecule has 1 saturated heterocycles. The summed E-state index contributed by atoms with van der Waals surface area (Å²) in [4.78, 5) is 13.8. The number of rotatable bonds is 7. The molecule has 0 spiro atoms. The van der Waals surface area contributed by atoms with Crippen molar-refractivity contribution >= 4 is 5.91 Å². The summed E-state index contributed by atoms with van der Waals surface area (Å²) in [6.45, 7) is 5.82. The van der Waals surface area contributed by atoms with Crippen molar-refractivity contribution in [2.24, 2.45) is 0 Å². The first kappa shape index (κ1) is 13.4. The van der Waals surface area contributed by atoms with Crippen LogP contribution in [0.15, 0.2) is 0 Å². The SMILES string of the molecule is CCN(C(=O)COCCOC)C1CCNC1. The molecule has 0 aromatic heterocycles. The van der Waals surface area contributed by atoms with E-state index < -0.39 is 0 Å². The van der Waals surface area contributed by atoms with Crippen LogP contribution in [0.1, 0.15) is 13.3 Å². The monoisotopic (exact) mass is 230 g/mol. The van der Waals surface area contributed by atoms with Crippen molar-refractivity contribution in [1.82, 2.24) is 10.2 Å². The Balaban J connectivity index is 2.25. The van der Waals surface area contributed by atoms with E-state index in [0.717, 1.165) is 26.1 Å². The lowest BCUT2D eigenvalue weighted by Gasteiger charge is -2.27. The summed E-state index contributed by atoms with van der Waals surface area (Å²) in [5.41, 5.74) is 0. The van der Waals surface area contributed by atoms with Crippen LogP contribution in [0.25, 0.3) is 0 Å². The van der Waals surface area contributed by atoms with Crippen molar-refractivity contribution in [2.75, 3.05) is 46.6 Å². The molecule has 5 nitrogen and oxygen atoms in total. The molecule has 1 unspecified atom stereocenters. The maximum absolute atomic E-state index is 11.9. The normalized spacial score (nSPS) is 20.0. The largest absolute Gasteiger partial charge is 0.382 e. The highest BCUT2D eigenvalue weighted by Crippen LogP contribution is 2.08. The number of nitrogens with one attached hydrogen (secondary N) is 1. The summed E-state index contributed by atoms with van der Waals surface area (Å²) in [6.07, 6.45) is 1.04. The van der Waals surface area contributed by atoms with Crippen LogP contribution in [0.2, 0.25) is 0 Å². The van der Waals surface area contributed by atoms with Crippen molar-refractivity contribution in [3.8, 4) is 0 Å². The molecule has 0 aliphatic carbocycles. The lowest BCUT2D eigenvalue weighted by molar-refractivity contribution is -0.138. The van der Waals surface area contributed by atoms with Crippen molar-refractivity contribution in [3.05, 3.63) is 0 Å². The minimum absolute atomic E-state index is 0.0762. The van der Waals surface area contributed by atoms with Gasteiger partial charge in [-0.15, -0.1) is 0 Å². The third-order valence-electron chi connectivity index (χ3n) is 2.79. The van der Waals surface area contributed by atoms with Gasteiger partial charge in [0.25, 0.3) is 0 Å². The second-order valence-corrected chi connectivity index (χ2v) is 3.87. The predicted octanol–water partition coefficient (Wildman–Crippen LogP) is -0.140. The maximum Gasteiger partial charge on any atom is 0.248 e. The van der Waals surface area contributed by atoms with Crippen LogP contribution in [-0.2, 0) is 14.3 Å². The topological polar surface area (TPSA) is 50.8 Å². The van der Waals surface area contributed by atoms with Gasteiger partial charge in [-0.25, -0.2) is 0 Å².